The van der Waals surface area contributed by atoms with E-state index >= 15 is 0 Å². The van der Waals surface area contributed by atoms with Crippen molar-refractivity contribution in [3.05, 3.63) is 69.3 Å². The Kier molecular flexibility index (Phi) is 6.31. The standard InChI is InChI=1S/C25H20Cl2N6O3/c1-2-3-21(34)31-11-10-16(13-31)33-24-22(23(28)29-14-30-24)32(25(33)35)15-4-6-17(7-5-15)36-18-8-9-19(26)20(27)12-18/h4-9,12,14,16H,10-11,13H2,1H3,(H2,28,29,30)/t16-/m1/s1. The van der Waals surface area contributed by atoms with Gasteiger partial charge in [0.25, 0.3) is 5.91 Å². The number of nitrogen functional groups attached to an aromatic ring is 1. The smallest absolute Gasteiger partial charge is 0.335 e. The van der Waals surface area contributed by atoms with Gasteiger partial charge in [-0.15, -0.1) is 0 Å². The summed E-state index contributed by atoms with van der Waals surface area (Å²) in [6, 6.07) is 11.7. The predicted molar refractivity (Wildman–Crippen MR) is 138 cm³/mol. The molecule has 5 rings (SSSR count). The molecule has 2 aromatic heterocycles. The Morgan fingerprint density at radius 2 is 1.86 bits per heavy atom. The van der Waals surface area contributed by atoms with Gasteiger partial charge in [0.15, 0.2) is 11.5 Å². The van der Waals surface area contributed by atoms with Crippen LogP contribution in [0.15, 0.2) is 53.6 Å². The Morgan fingerprint density at radius 1 is 1.11 bits per heavy atom. The van der Waals surface area contributed by atoms with E-state index in [-0.39, 0.29) is 23.5 Å². The van der Waals surface area contributed by atoms with Crippen LogP contribution in [0, 0.1) is 11.8 Å². The fraction of sp³-hybridized carbons (Fsp3) is 0.200. The van der Waals surface area contributed by atoms with Crippen LogP contribution in [0.2, 0.25) is 10.0 Å². The number of hydrogen-bond donors (Lipinski definition) is 1. The van der Waals surface area contributed by atoms with Crippen molar-refractivity contribution in [1.82, 2.24) is 24.0 Å². The highest BCUT2D eigenvalue weighted by Crippen LogP contribution is 2.31. The van der Waals surface area contributed by atoms with E-state index in [1.54, 1.807) is 58.9 Å². The topological polar surface area (TPSA) is 108 Å². The summed E-state index contributed by atoms with van der Waals surface area (Å²) in [5.41, 5.74) is 7.24. The lowest BCUT2D eigenvalue weighted by Crippen LogP contribution is -2.31. The zero-order chi connectivity index (χ0) is 25.4. The van der Waals surface area contributed by atoms with Crippen molar-refractivity contribution in [3.63, 3.8) is 0 Å². The fourth-order valence-corrected chi connectivity index (χ4v) is 4.59. The molecule has 36 heavy (non-hydrogen) atoms. The number of aromatic nitrogens is 4. The largest absolute Gasteiger partial charge is 0.457 e. The Bertz CT molecular complexity index is 1600. The van der Waals surface area contributed by atoms with Gasteiger partial charge in [-0.2, -0.15) is 0 Å². The lowest BCUT2D eigenvalue weighted by atomic mass is 10.2. The van der Waals surface area contributed by atoms with Crippen molar-refractivity contribution in [2.45, 2.75) is 19.4 Å². The quantitative estimate of drug-likeness (QED) is 0.405. The van der Waals surface area contributed by atoms with Gasteiger partial charge in [0.2, 0.25) is 0 Å². The lowest BCUT2D eigenvalue weighted by Gasteiger charge is -2.14. The molecule has 3 heterocycles. The van der Waals surface area contributed by atoms with E-state index < -0.39 is 0 Å². The van der Waals surface area contributed by atoms with E-state index in [0.717, 1.165) is 0 Å². The molecule has 1 atom stereocenters. The van der Waals surface area contributed by atoms with E-state index in [2.05, 4.69) is 21.8 Å². The van der Waals surface area contributed by atoms with Crippen molar-refractivity contribution < 1.29 is 9.53 Å². The molecule has 11 heteroatoms. The van der Waals surface area contributed by atoms with Crippen LogP contribution in [0.1, 0.15) is 19.4 Å². The number of fused-ring (bicyclic) bond motifs is 1. The predicted octanol–water partition coefficient (Wildman–Crippen LogP) is 4.06. The molecular formula is C25H20Cl2N6O3. The second-order valence-corrected chi connectivity index (χ2v) is 8.97. The first-order valence-electron chi connectivity index (χ1n) is 11.1. The summed E-state index contributed by atoms with van der Waals surface area (Å²) in [4.78, 5) is 36.0. The summed E-state index contributed by atoms with van der Waals surface area (Å²) in [5, 5.41) is 0.817. The highest BCUT2D eigenvalue weighted by molar-refractivity contribution is 6.42. The van der Waals surface area contributed by atoms with Gasteiger partial charge in [0.05, 0.1) is 21.8 Å². The summed E-state index contributed by atoms with van der Waals surface area (Å²) >= 11 is 12.0. The molecule has 182 valence electrons. The SMILES string of the molecule is CC#CC(=O)N1CC[C@@H](n2c(=O)n(-c3ccc(Oc4ccc(Cl)c(Cl)c4)cc3)c3c(N)ncnc32)C1. The number of anilines is 1. The van der Waals surface area contributed by atoms with Gasteiger partial charge in [-0.25, -0.2) is 14.8 Å². The van der Waals surface area contributed by atoms with Gasteiger partial charge >= 0.3 is 5.69 Å². The number of imidazole rings is 1. The highest BCUT2D eigenvalue weighted by atomic mass is 35.5. The van der Waals surface area contributed by atoms with Gasteiger partial charge in [-0.05, 0) is 55.7 Å². The third-order valence-corrected chi connectivity index (χ3v) is 6.69. The minimum Gasteiger partial charge on any atom is -0.457 e. The molecule has 0 bridgehead atoms. The van der Waals surface area contributed by atoms with Crippen LogP contribution >= 0.6 is 23.2 Å². The second kappa shape index (κ2) is 9.57. The number of nitrogens with zero attached hydrogens (tertiary/aromatic N) is 5. The van der Waals surface area contributed by atoms with Crippen molar-refractivity contribution in [1.29, 1.82) is 0 Å². The van der Waals surface area contributed by atoms with Crippen LogP contribution in [0.4, 0.5) is 5.82 Å². The fourth-order valence-electron chi connectivity index (χ4n) is 4.30. The molecule has 2 N–H and O–H groups in total. The summed E-state index contributed by atoms with van der Waals surface area (Å²) in [5.74, 6) is 6.16. The Balaban J connectivity index is 1.51. The van der Waals surface area contributed by atoms with E-state index in [4.69, 9.17) is 33.7 Å². The molecule has 1 fully saturated rings. The summed E-state index contributed by atoms with van der Waals surface area (Å²) in [7, 11) is 0. The van der Waals surface area contributed by atoms with Gasteiger partial charge in [-0.1, -0.05) is 29.1 Å². The number of likely N-dealkylation sites (tertiary alicyclic amines) is 1. The molecule has 0 saturated carbocycles. The van der Waals surface area contributed by atoms with E-state index in [0.29, 0.717) is 57.9 Å². The number of rotatable bonds is 4. The normalized spacial score (nSPS) is 15.1. The van der Waals surface area contributed by atoms with E-state index in [9.17, 15) is 9.59 Å². The van der Waals surface area contributed by atoms with Crippen molar-refractivity contribution in [3.8, 4) is 29.0 Å². The molecule has 1 aliphatic rings. The molecule has 1 aliphatic heterocycles. The Labute approximate surface area is 216 Å². The first-order chi connectivity index (χ1) is 17.4. The average molecular weight is 523 g/mol. The number of halogens is 2. The molecule has 4 aromatic rings. The molecule has 0 radical (unpaired) electrons. The number of benzene rings is 2. The average Bonchev–Trinajstić information content (AvgIpc) is 3.45. The van der Waals surface area contributed by atoms with Crippen molar-refractivity contribution >= 4 is 46.1 Å². The maximum absolute atomic E-state index is 13.7. The summed E-state index contributed by atoms with van der Waals surface area (Å²) in [6.07, 6.45) is 1.92. The second-order valence-electron chi connectivity index (χ2n) is 8.16. The zero-order valence-electron chi connectivity index (χ0n) is 19.1. The minimum absolute atomic E-state index is 0.176. The highest BCUT2D eigenvalue weighted by Gasteiger charge is 2.31. The number of amides is 1. The number of carbonyl (C=O) groups excluding carboxylic acids is 1. The first kappa shape index (κ1) is 23.7. The molecule has 2 aromatic carbocycles. The Hall–Kier alpha value is -4.00. The van der Waals surface area contributed by atoms with E-state index in [1.807, 2.05) is 0 Å². The minimum atomic E-state index is -0.323. The maximum Gasteiger partial charge on any atom is 0.335 e. The van der Waals surface area contributed by atoms with Gasteiger partial charge < -0.3 is 15.4 Å². The van der Waals surface area contributed by atoms with Crippen LogP contribution in [-0.4, -0.2) is 43.0 Å². The monoisotopic (exact) mass is 522 g/mol. The first-order valence-corrected chi connectivity index (χ1v) is 11.8. The number of carbonyl (C=O) groups is 1. The molecule has 1 saturated heterocycles. The van der Waals surface area contributed by atoms with Gasteiger partial charge in [-0.3, -0.25) is 13.9 Å². The molecule has 0 spiro atoms. The van der Waals surface area contributed by atoms with Gasteiger partial charge in [0, 0.05) is 19.2 Å². The van der Waals surface area contributed by atoms with Gasteiger partial charge in [0.1, 0.15) is 23.3 Å². The summed E-state index contributed by atoms with van der Waals surface area (Å²) in [6.45, 7) is 2.47. The third-order valence-electron chi connectivity index (χ3n) is 5.95. The maximum atomic E-state index is 13.7. The van der Waals surface area contributed by atoms with Crippen molar-refractivity contribution in [2.24, 2.45) is 0 Å². The molecular weight excluding hydrogens is 503 g/mol. The van der Waals surface area contributed by atoms with Crippen LogP contribution < -0.4 is 16.2 Å². The van der Waals surface area contributed by atoms with Crippen LogP contribution in [-0.2, 0) is 4.79 Å². The Morgan fingerprint density at radius 3 is 2.58 bits per heavy atom. The van der Waals surface area contributed by atoms with Crippen molar-refractivity contribution in [2.75, 3.05) is 18.8 Å². The number of nitrogens with two attached hydrogens (primary N) is 1. The molecule has 9 nitrogen and oxygen atoms in total. The molecule has 0 unspecified atom stereocenters. The number of ether oxygens (including phenoxy) is 1. The lowest BCUT2D eigenvalue weighted by molar-refractivity contribution is -0.124. The molecule has 0 aliphatic carbocycles. The van der Waals surface area contributed by atoms with Crippen LogP contribution in [0.25, 0.3) is 16.9 Å². The number of hydrogen-bond acceptors (Lipinski definition) is 6. The zero-order valence-corrected chi connectivity index (χ0v) is 20.6. The van der Waals surface area contributed by atoms with Crippen LogP contribution in [0.3, 0.4) is 0 Å². The van der Waals surface area contributed by atoms with E-state index in [1.165, 1.54) is 10.9 Å². The molecule has 1 amide bonds. The third kappa shape index (κ3) is 4.26. The van der Waals surface area contributed by atoms with Crippen LogP contribution in [0.5, 0.6) is 11.5 Å². The summed E-state index contributed by atoms with van der Waals surface area (Å²) < 4.78 is 8.91.